The Morgan fingerprint density at radius 3 is 2.67 bits per heavy atom. The smallest absolute Gasteiger partial charge is 0.138 e. The molecule has 6 nitrogen and oxygen atoms in total. The molecule has 200 valence electrons. The van der Waals surface area contributed by atoms with Crippen molar-refractivity contribution in [2.24, 2.45) is 0 Å². The highest BCUT2D eigenvalue weighted by Gasteiger charge is 2.16. The van der Waals surface area contributed by atoms with Crippen LogP contribution in [0.25, 0.3) is 55.6 Å². The molecule has 2 aromatic carbocycles. The molecule has 1 fully saturated rings. The number of aromatic amines is 2. The fourth-order valence-corrected chi connectivity index (χ4v) is 5.99. The molecule has 4 aromatic heterocycles. The minimum Gasteiger partial charge on any atom is -0.338 e. The first-order valence-corrected chi connectivity index (χ1v) is 14.0. The number of hydrogen-bond acceptors (Lipinski definition) is 4. The van der Waals surface area contributed by atoms with Crippen LogP contribution >= 0.6 is 0 Å². The molecule has 0 amide bonds. The van der Waals surface area contributed by atoms with E-state index in [1.165, 1.54) is 37.6 Å². The predicted octanol–water partition coefficient (Wildman–Crippen LogP) is 7.31. The number of halogens is 1. The minimum absolute atomic E-state index is 0.244. The van der Waals surface area contributed by atoms with Gasteiger partial charge in [-0.15, -0.1) is 0 Å². The zero-order chi connectivity index (χ0) is 27.1. The summed E-state index contributed by atoms with van der Waals surface area (Å²) in [5.41, 5.74) is 9.52. The minimum atomic E-state index is -0.244. The van der Waals surface area contributed by atoms with Crippen LogP contribution in [-0.4, -0.2) is 49.7 Å². The summed E-state index contributed by atoms with van der Waals surface area (Å²) in [7, 11) is 0. The summed E-state index contributed by atoms with van der Waals surface area (Å²) in [5, 5.41) is 9.79. The Labute approximate surface area is 232 Å². The fraction of sp³-hybridized carbons (Fsp3) is 0.242. The van der Waals surface area contributed by atoms with Gasteiger partial charge in [0.25, 0.3) is 0 Å². The number of rotatable bonds is 7. The van der Waals surface area contributed by atoms with Gasteiger partial charge in [-0.1, -0.05) is 12.1 Å². The van der Waals surface area contributed by atoms with Gasteiger partial charge in [0.15, 0.2) is 0 Å². The fourth-order valence-electron chi connectivity index (χ4n) is 5.99. The Balaban J connectivity index is 1.21. The van der Waals surface area contributed by atoms with Crippen molar-refractivity contribution in [2.75, 3.05) is 19.6 Å². The topological polar surface area (TPSA) is 73.5 Å². The van der Waals surface area contributed by atoms with Gasteiger partial charge in [0.2, 0.25) is 0 Å². The second-order valence-electron chi connectivity index (χ2n) is 10.9. The van der Waals surface area contributed by atoms with Gasteiger partial charge in [0.1, 0.15) is 17.2 Å². The van der Waals surface area contributed by atoms with Crippen LogP contribution in [0, 0.1) is 12.7 Å². The van der Waals surface area contributed by atoms with Crippen molar-refractivity contribution in [2.45, 2.75) is 32.6 Å². The molecule has 0 unspecified atom stereocenters. The third-order valence-corrected chi connectivity index (χ3v) is 7.97. The summed E-state index contributed by atoms with van der Waals surface area (Å²) in [6.45, 7) is 5.54. The second-order valence-corrected chi connectivity index (χ2v) is 10.9. The maximum atomic E-state index is 14.2. The summed E-state index contributed by atoms with van der Waals surface area (Å²) in [6, 6.07) is 17.7. The lowest BCUT2D eigenvalue weighted by Gasteiger charge is -2.14. The molecule has 0 saturated carbocycles. The monoisotopic (exact) mass is 530 g/mol. The van der Waals surface area contributed by atoms with Crippen molar-refractivity contribution >= 4 is 21.9 Å². The first-order valence-electron chi connectivity index (χ1n) is 14.0. The molecule has 0 bridgehead atoms. The Morgan fingerprint density at radius 1 is 0.900 bits per heavy atom. The molecule has 0 aliphatic carbocycles. The molecular weight excluding hydrogens is 499 g/mol. The van der Waals surface area contributed by atoms with E-state index in [1.54, 1.807) is 12.3 Å². The molecule has 40 heavy (non-hydrogen) atoms. The van der Waals surface area contributed by atoms with Gasteiger partial charge in [-0.3, -0.25) is 10.1 Å². The van der Waals surface area contributed by atoms with Crippen molar-refractivity contribution in [3.63, 3.8) is 0 Å². The van der Waals surface area contributed by atoms with Crippen LogP contribution in [0.15, 0.2) is 73.2 Å². The van der Waals surface area contributed by atoms with Crippen LogP contribution in [0.4, 0.5) is 4.39 Å². The van der Waals surface area contributed by atoms with Gasteiger partial charge in [0, 0.05) is 34.9 Å². The van der Waals surface area contributed by atoms with E-state index in [2.05, 4.69) is 60.4 Å². The van der Waals surface area contributed by atoms with Crippen LogP contribution in [0.5, 0.6) is 0 Å². The number of H-pyrrole nitrogens is 2. The van der Waals surface area contributed by atoms with E-state index >= 15 is 0 Å². The molecular formula is C33H31FN6. The molecule has 1 saturated heterocycles. The van der Waals surface area contributed by atoms with E-state index in [0.717, 1.165) is 80.5 Å². The van der Waals surface area contributed by atoms with Crippen LogP contribution in [-0.2, 0) is 6.42 Å². The lowest BCUT2D eigenvalue weighted by Crippen LogP contribution is -2.20. The van der Waals surface area contributed by atoms with Crippen LogP contribution in [0.1, 0.15) is 30.4 Å². The molecule has 7 rings (SSSR count). The van der Waals surface area contributed by atoms with Gasteiger partial charge in [0.05, 0.1) is 11.2 Å². The third-order valence-electron chi connectivity index (χ3n) is 7.97. The highest BCUT2D eigenvalue weighted by atomic mass is 19.1. The average Bonchev–Trinajstić information content (AvgIpc) is 3.71. The number of nitrogens with one attached hydrogen (secondary N) is 2. The lowest BCUT2D eigenvalue weighted by molar-refractivity contribution is 0.334. The summed E-state index contributed by atoms with van der Waals surface area (Å²) in [6.07, 6.45) is 10.5. The number of aromatic nitrogens is 5. The van der Waals surface area contributed by atoms with E-state index in [0.29, 0.717) is 0 Å². The molecule has 6 aromatic rings. The lowest BCUT2D eigenvalue weighted by atomic mass is 10.0. The summed E-state index contributed by atoms with van der Waals surface area (Å²) in [4.78, 5) is 15.1. The molecule has 7 heteroatoms. The highest BCUT2D eigenvalue weighted by molar-refractivity contribution is 6.00. The summed E-state index contributed by atoms with van der Waals surface area (Å²) < 4.78 is 14.2. The van der Waals surface area contributed by atoms with Crippen molar-refractivity contribution in [1.29, 1.82) is 0 Å². The van der Waals surface area contributed by atoms with Crippen LogP contribution < -0.4 is 0 Å². The Hall–Kier alpha value is -4.36. The van der Waals surface area contributed by atoms with Gasteiger partial charge < -0.3 is 9.88 Å². The number of fused-ring (bicyclic) bond motifs is 2. The van der Waals surface area contributed by atoms with Crippen LogP contribution in [0.2, 0.25) is 0 Å². The highest BCUT2D eigenvalue weighted by Crippen LogP contribution is 2.35. The number of benzene rings is 2. The van der Waals surface area contributed by atoms with E-state index in [1.807, 2.05) is 31.5 Å². The molecule has 2 N–H and O–H groups in total. The normalized spacial score (nSPS) is 14.1. The molecule has 1 aliphatic rings. The number of nitrogens with zero attached hydrogens (tertiary/aromatic N) is 4. The van der Waals surface area contributed by atoms with E-state index in [4.69, 9.17) is 0 Å². The molecule has 5 heterocycles. The first-order chi connectivity index (χ1) is 19.6. The number of aryl methyl sites for hydroxylation is 2. The largest absolute Gasteiger partial charge is 0.338 e. The number of pyridine rings is 2. The van der Waals surface area contributed by atoms with E-state index in [9.17, 15) is 4.39 Å². The van der Waals surface area contributed by atoms with Crippen molar-refractivity contribution in [1.82, 2.24) is 30.0 Å². The molecule has 1 aliphatic heterocycles. The summed E-state index contributed by atoms with van der Waals surface area (Å²) in [5.74, 6) is -0.244. The zero-order valence-corrected chi connectivity index (χ0v) is 22.5. The SMILES string of the molecule is Cc1cc(F)cc(-c2ccnc3[nH]c(-c4n[nH]c5ccc(-c6cncc(CCCN7CCCC7)c6)cc45)cc23)c1. The third kappa shape index (κ3) is 4.77. The first kappa shape index (κ1) is 24.7. The maximum absolute atomic E-state index is 14.2. The molecule has 0 spiro atoms. The molecule has 0 radical (unpaired) electrons. The van der Waals surface area contributed by atoms with Crippen molar-refractivity contribution < 1.29 is 4.39 Å². The predicted molar refractivity (Wildman–Crippen MR) is 159 cm³/mol. The van der Waals surface area contributed by atoms with Crippen LogP contribution in [0.3, 0.4) is 0 Å². The Bertz CT molecular complexity index is 1810. The maximum Gasteiger partial charge on any atom is 0.138 e. The van der Waals surface area contributed by atoms with Gasteiger partial charge in [-0.05, 0) is 123 Å². The Kier molecular flexibility index (Phi) is 6.36. The quantitative estimate of drug-likeness (QED) is 0.227. The van der Waals surface area contributed by atoms with E-state index in [-0.39, 0.29) is 5.82 Å². The van der Waals surface area contributed by atoms with Gasteiger partial charge in [-0.2, -0.15) is 5.10 Å². The van der Waals surface area contributed by atoms with Crippen molar-refractivity contribution in [3.05, 3.63) is 90.1 Å². The Morgan fingerprint density at radius 2 is 1.80 bits per heavy atom. The van der Waals surface area contributed by atoms with Crippen molar-refractivity contribution in [3.8, 4) is 33.6 Å². The zero-order valence-electron chi connectivity index (χ0n) is 22.5. The van der Waals surface area contributed by atoms with Gasteiger partial charge in [-0.25, -0.2) is 9.37 Å². The summed E-state index contributed by atoms with van der Waals surface area (Å²) >= 11 is 0. The standard InChI is InChI=1S/C33H31FN6/c1-21-13-24(16-26(34)14-21)27-8-9-36-33-28(27)18-31(37-33)32-29-17-23(6-7-30(29)38-39-32)25-15-22(19-35-20-25)5-4-12-40-10-2-3-11-40/h6-9,13-20H,2-5,10-12H2,1H3,(H,36,37)(H,38,39). The average molecular weight is 531 g/mol. The second kappa shape index (κ2) is 10.3. The van der Waals surface area contributed by atoms with Gasteiger partial charge >= 0.3 is 0 Å². The number of likely N-dealkylation sites (tertiary alicyclic amines) is 1. The van der Waals surface area contributed by atoms with E-state index < -0.39 is 0 Å². The number of hydrogen-bond donors (Lipinski definition) is 2. The molecule has 0 atom stereocenters.